The Morgan fingerprint density at radius 2 is 2.05 bits per heavy atom. The molecule has 0 radical (unpaired) electrons. The van der Waals surface area contributed by atoms with Crippen molar-refractivity contribution >= 4 is 23.2 Å². The summed E-state index contributed by atoms with van der Waals surface area (Å²) >= 11 is 12.1. The maximum absolute atomic E-state index is 6.09. The molecule has 19 heavy (non-hydrogen) atoms. The van der Waals surface area contributed by atoms with E-state index < -0.39 is 0 Å². The highest BCUT2D eigenvalue weighted by molar-refractivity contribution is 6.42. The third-order valence-electron chi connectivity index (χ3n) is 3.65. The largest absolute Gasteiger partial charge is 0.310 e. The SMILES string of the molecule is CCNC(Cc1ccc(Cl)c(Cl)c1)C1=CCCCC1. The van der Waals surface area contributed by atoms with E-state index in [4.69, 9.17) is 23.2 Å². The normalized spacial score (nSPS) is 17.1. The molecule has 0 bridgehead atoms. The molecule has 3 heteroatoms. The summed E-state index contributed by atoms with van der Waals surface area (Å²) in [7, 11) is 0. The van der Waals surface area contributed by atoms with Crippen LogP contribution in [0.5, 0.6) is 0 Å². The van der Waals surface area contributed by atoms with Gasteiger partial charge >= 0.3 is 0 Å². The number of hydrogen-bond donors (Lipinski definition) is 1. The minimum atomic E-state index is 0.433. The minimum Gasteiger partial charge on any atom is -0.310 e. The van der Waals surface area contributed by atoms with Gasteiger partial charge < -0.3 is 5.32 Å². The van der Waals surface area contributed by atoms with Crippen molar-refractivity contribution in [2.24, 2.45) is 0 Å². The van der Waals surface area contributed by atoms with E-state index in [1.807, 2.05) is 12.1 Å². The minimum absolute atomic E-state index is 0.433. The summed E-state index contributed by atoms with van der Waals surface area (Å²) < 4.78 is 0. The summed E-state index contributed by atoms with van der Waals surface area (Å²) in [5.41, 5.74) is 2.80. The van der Waals surface area contributed by atoms with Crippen LogP contribution in [-0.2, 0) is 6.42 Å². The van der Waals surface area contributed by atoms with Crippen LogP contribution in [0.4, 0.5) is 0 Å². The lowest BCUT2D eigenvalue weighted by Crippen LogP contribution is -2.33. The second-order valence-corrected chi connectivity index (χ2v) is 5.90. The lowest BCUT2D eigenvalue weighted by molar-refractivity contribution is 0.541. The summed E-state index contributed by atoms with van der Waals surface area (Å²) in [6.07, 6.45) is 8.48. The highest BCUT2D eigenvalue weighted by atomic mass is 35.5. The first-order valence-electron chi connectivity index (χ1n) is 7.07. The molecule has 0 aromatic heterocycles. The van der Waals surface area contributed by atoms with E-state index in [1.165, 1.54) is 31.2 Å². The summed E-state index contributed by atoms with van der Waals surface area (Å²) in [5.74, 6) is 0. The molecule has 1 aromatic rings. The molecular formula is C16H21Cl2N. The van der Waals surface area contributed by atoms with Gasteiger partial charge in [0.25, 0.3) is 0 Å². The first-order valence-corrected chi connectivity index (χ1v) is 7.82. The monoisotopic (exact) mass is 297 g/mol. The molecule has 1 aliphatic rings. The maximum Gasteiger partial charge on any atom is 0.0595 e. The summed E-state index contributed by atoms with van der Waals surface area (Å²) in [5, 5.41) is 4.86. The molecule has 0 saturated heterocycles. The van der Waals surface area contributed by atoms with E-state index in [-0.39, 0.29) is 0 Å². The average Bonchev–Trinajstić information content (AvgIpc) is 2.43. The zero-order valence-corrected chi connectivity index (χ0v) is 12.9. The Morgan fingerprint density at radius 3 is 2.68 bits per heavy atom. The topological polar surface area (TPSA) is 12.0 Å². The number of rotatable bonds is 5. The molecule has 104 valence electrons. The van der Waals surface area contributed by atoms with Crippen LogP contribution in [0.3, 0.4) is 0 Å². The van der Waals surface area contributed by atoms with Gasteiger partial charge in [-0.2, -0.15) is 0 Å². The molecule has 0 heterocycles. The summed E-state index contributed by atoms with van der Waals surface area (Å²) in [6.45, 7) is 3.15. The molecule has 1 N–H and O–H groups in total. The quantitative estimate of drug-likeness (QED) is 0.753. The van der Waals surface area contributed by atoms with Gasteiger partial charge in [0.15, 0.2) is 0 Å². The summed E-state index contributed by atoms with van der Waals surface area (Å²) in [4.78, 5) is 0. The predicted molar refractivity (Wildman–Crippen MR) is 84.2 cm³/mol. The van der Waals surface area contributed by atoms with Crippen molar-refractivity contribution in [2.75, 3.05) is 6.54 Å². The van der Waals surface area contributed by atoms with E-state index in [1.54, 1.807) is 5.57 Å². The fraction of sp³-hybridized carbons (Fsp3) is 0.500. The van der Waals surface area contributed by atoms with E-state index in [0.29, 0.717) is 16.1 Å². The Morgan fingerprint density at radius 1 is 1.21 bits per heavy atom. The molecular weight excluding hydrogens is 277 g/mol. The molecule has 1 unspecified atom stereocenters. The standard InChI is InChI=1S/C16H21Cl2N/c1-2-19-16(13-6-4-3-5-7-13)11-12-8-9-14(17)15(18)10-12/h6,8-10,16,19H,2-5,7,11H2,1H3. The van der Waals surface area contributed by atoms with E-state index in [0.717, 1.165) is 13.0 Å². The van der Waals surface area contributed by atoms with Crippen LogP contribution < -0.4 is 5.32 Å². The van der Waals surface area contributed by atoms with Crippen LogP contribution in [0.15, 0.2) is 29.8 Å². The Bertz CT molecular complexity index is 454. The van der Waals surface area contributed by atoms with Gasteiger partial charge in [-0.3, -0.25) is 0 Å². The predicted octanol–water partition coefficient (Wildman–Crippen LogP) is 5.01. The van der Waals surface area contributed by atoms with Gasteiger partial charge in [-0.15, -0.1) is 0 Å². The van der Waals surface area contributed by atoms with Crippen LogP contribution in [0.2, 0.25) is 10.0 Å². The second-order valence-electron chi connectivity index (χ2n) is 5.09. The molecule has 0 fully saturated rings. The molecule has 1 aliphatic carbocycles. The smallest absolute Gasteiger partial charge is 0.0595 e. The van der Waals surface area contributed by atoms with Gasteiger partial charge in [-0.05, 0) is 56.3 Å². The highest BCUT2D eigenvalue weighted by Gasteiger charge is 2.16. The van der Waals surface area contributed by atoms with Crippen molar-refractivity contribution in [3.8, 4) is 0 Å². The Labute approximate surface area is 126 Å². The van der Waals surface area contributed by atoms with Crippen LogP contribution in [-0.4, -0.2) is 12.6 Å². The number of benzene rings is 1. The van der Waals surface area contributed by atoms with Crippen molar-refractivity contribution in [3.05, 3.63) is 45.5 Å². The van der Waals surface area contributed by atoms with Gasteiger partial charge in [-0.1, -0.05) is 47.8 Å². The van der Waals surface area contributed by atoms with Gasteiger partial charge in [0.2, 0.25) is 0 Å². The first-order chi connectivity index (χ1) is 9.20. The van der Waals surface area contributed by atoms with Crippen LogP contribution in [0.25, 0.3) is 0 Å². The van der Waals surface area contributed by atoms with Crippen molar-refractivity contribution in [2.45, 2.75) is 45.1 Å². The third kappa shape index (κ3) is 4.24. The third-order valence-corrected chi connectivity index (χ3v) is 4.39. The van der Waals surface area contributed by atoms with Crippen LogP contribution in [0.1, 0.15) is 38.2 Å². The van der Waals surface area contributed by atoms with Crippen molar-refractivity contribution in [3.63, 3.8) is 0 Å². The average molecular weight is 298 g/mol. The van der Waals surface area contributed by atoms with Gasteiger partial charge in [0.1, 0.15) is 0 Å². The number of halogens is 2. The summed E-state index contributed by atoms with van der Waals surface area (Å²) in [6, 6.07) is 6.37. The fourth-order valence-electron chi connectivity index (χ4n) is 2.66. The Balaban J connectivity index is 2.11. The van der Waals surface area contributed by atoms with Crippen molar-refractivity contribution in [1.29, 1.82) is 0 Å². The van der Waals surface area contributed by atoms with E-state index in [2.05, 4.69) is 24.4 Å². The number of allylic oxidation sites excluding steroid dienone is 1. The lowest BCUT2D eigenvalue weighted by atomic mass is 9.90. The van der Waals surface area contributed by atoms with Gasteiger partial charge in [0.05, 0.1) is 10.0 Å². The fourth-order valence-corrected chi connectivity index (χ4v) is 2.98. The van der Waals surface area contributed by atoms with Crippen LogP contribution in [0, 0.1) is 0 Å². The van der Waals surface area contributed by atoms with Crippen LogP contribution >= 0.6 is 23.2 Å². The van der Waals surface area contributed by atoms with Gasteiger partial charge in [0, 0.05) is 6.04 Å². The van der Waals surface area contributed by atoms with E-state index >= 15 is 0 Å². The zero-order chi connectivity index (χ0) is 13.7. The first kappa shape index (κ1) is 14.9. The molecule has 0 saturated carbocycles. The van der Waals surface area contributed by atoms with E-state index in [9.17, 15) is 0 Å². The van der Waals surface area contributed by atoms with Crippen molar-refractivity contribution in [1.82, 2.24) is 5.32 Å². The lowest BCUT2D eigenvalue weighted by Gasteiger charge is -2.24. The zero-order valence-electron chi connectivity index (χ0n) is 11.4. The molecule has 1 atom stereocenters. The van der Waals surface area contributed by atoms with Crippen molar-refractivity contribution < 1.29 is 0 Å². The Hall–Kier alpha value is -0.500. The Kier molecular flexibility index (Phi) is 5.75. The highest BCUT2D eigenvalue weighted by Crippen LogP contribution is 2.26. The molecule has 1 aromatic carbocycles. The molecule has 1 nitrogen and oxygen atoms in total. The second kappa shape index (κ2) is 7.33. The molecule has 2 rings (SSSR count). The molecule has 0 aliphatic heterocycles. The maximum atomic E-state index is 6.09. The number of likely N-dealkylation sites (N-methyl/N-ethyl adjacent to an activating group) is 1. The number of hydrogen-bond acceptors (Lipinski definition) is 1. The van der Waals surface area contributed by atoms with Gasteiger partial charge in [-0.25, -0.2) is 0 Å². The molecule has 0 amide bonds. The molecule has 0 spiro atoms. The number of nitrogens with one attached hydrogen (secondary N) is 1.